The lowest BCUT2D eigenvalue weighted by molar-refractivity contribution is -0.142. The average Bonchev–Trinajstić information content (AvgIpc) is 2.95. The second-order valence-corrected chi connectivity index (χ2v) is 7.88. The van der Waals surface area contributed by atoms with Crippen LogP contribution in [0.15, 0.2) is 18.6 Å². The largest absolute Gasteiger partial charge is 0.381 e. The zero-order valence-electron chi connectivity index (χ0n) is 14.3. The maximum Gasteiger partial charge on any atom is 0.226 e. The summed E-state index contributed by atoms with van der Waals surface area (Å²) in [5.74, 6) is 2.26. The molecule has 1 amide bonds. The van der Waals surface area contributed by atoms with Crippen LogP contribution in [0.3, 0.4) is 0 Å². The van der Waals surface area contributed by atoms with Crippen LogP contribution >= 0.6 is 0 Å². The van der Waals surface area contributed by atoms with Gasteiger partial charge in [0.05, 0.1) is 37.7 Å². The van der Waals surface area contributed by atoms with Crippen molar-refractivity contribution >= 4 is 11.7 Å². The van der Waals surface area contributed by atoms with Crippen molar-refractivity contribution < 1.29 is 14.3 Å². The number of hydrogen-bond acceptors (Lipinski definition) is 6. The van der Waals surface area contributed by atoms with Gasteiger partial charge < -0.3 is 19.7 Å². The predicted molar refractivity (Wildman–Crippen MR) is 89.8 cm³/mol. The van der Waals surface area contributed by atoms with E-state index in [0.29, 0.717) is 24.3 Å². The maximum absolute atomic E-state index is 12.9. The van der Waals surface area contributed by atoms with Gasteiger partial charge in [-0.2, -0.15) is 0 Å². The van der Waals surface area contributed by atoms with Crippen LogP contribution in [0.5, 0.6) is 0 Å². The summed E-state index contributed by atoms with van der Waals surface area (Å²) in [6.45, 7) is 3.77. The molecular weight excluding hydrogens is 320 g/mol. The van der Waals surface area contributed by atoms with E-state index in [1.165, 1.54) is 0 Å². The first-order valence-corrected chi connectivity index (χ1v) is 9.27. The van der Waals surface area contributed by atoms with Crippen LogP contribution in [0.4, 0.5) is 5.82 Å². The van der Waals surface area contributed by atoms with Crippen molar-refractivity contribution in [3.63, 3.8) is 0 Å². The van der Waals surface area contributed by atoms with Gasteiger partial charge in [-0.25, -0.2) is 4.98 Å². The Morgan fingerprint density at radius 1 is 1.28 bits per heavy atom. The van der Waals surface area contributed by atoms with E-state index in [1.807, 2.05) is 0 Å². The normalized spacial score (nSPS) is 39.4. The standard InChI is InChI=1S/C18H24N4O3/c23-17(16-13-9-24-10-14(13)16)22-5-1-2-18(11-22)6-12(8-25-18)21-15-7-19-3-4-20-15/h3-4,7,12-14,16H,1-2,5-6,8-11H2,(H,20,21)/t12?,13-,14+,16?,18?. The molecule has 0 bridgehead atoms. The molecule has 4 fully saturated rings. The molecule has 1 saturated carbocycles. The molecule has 134 valence electrons. The van der Waals surface area contributed by atoms with Crippen molar-refractivity contribution in [3.05, 3.63) is 18.6 Å². The Morgan fingerprint density at radius 2 is 2.16 bits per heavy atom. The summed E-state index contributed by atoms with van der Waals surface area (Å²) in [6, 6.07) is 0.223. The number of carbonyl (C=O) groups is 1. The van der Waals surface area contributed by atoms with E-state index in [1.54, 1.807) is 18.6 Å². The Balaban J connectivity index is 1.21. The van der Waals surface area contributed by atoms with Crippen molar-refractivity contribution in [1.29, 1.82) is 0 Å². The fraction of sp³-hybridized carbons (Fsp3) is 0.722. The zero-order chi connectivity index (χ0) is 16.9. The van der Waals surface area contributed by atoms with E-state index in [9.17, 15) is 4.79 Å². The number of anilines is 1. The topological polar surface area (TPSA) is 76.6 Å². The van der Waals surface area contributed by atoms with Gasteiger partial charge in [0.1, 0.15) is 5.82 Å². The molecule has 1 aliphatic carbocycles. The quantitative estimate of drug-likeness (QED) is 0.879. The number of nitrogens with one attached hydrogen (secondary N) is 1. The number of likely N-dealkylation sites (tertiary alicyclic amines) is 1. The Kier molecular flexibility index (Phi) is 3.67. The molecule has 0 radical (unpaired) electrons. The van der Waals surface area contributed by atoms with E-state index < -0.39 is 0 Å². The van der Waals surface area contributed by atoms with Crippen LogP contribution in [0.25, 0.3) is 0 Å². The Labute approximate surface area is 147 Å². The second kappa shape index (κ2) is 5.92. The highest BCUT2D eigenvalue weighted by Gasteiger charge is 2.59. The molecule has 0 aromatic carbocycles. The maximum atomic E-state index is 12.9. The molecule has 1 N–H and O–H groups in total. The van der Waals surface area contributed by atoms with Gasteiger partial charge in [-0.1, -0.05) is 0 Å². The molecule has 3 aliphatic heterocycles. The third kappa shape index (κ3) is 2.79. The van der Waals surface area contributed by atoms with Gasteiger partial charge in [0, 0.05) is 37.8 Å². The third-order valence-corrected chi connectivity index (χ3v) is 6.21. The molecule has 3 unspecified atom stereocenters. The highest BCUT2D eigenvalue weighted by Crippen LogP contribution is 2.52. The van der Waals surface area contributed by atoms with Crippen molar-refractivity contribution in [2.24, 2.45) is 17.8 Å². The minimum Gasteiger partial charge on any atom is -0.381 e. The lowest BCUT2D eigenvalue weighted by Crippen LogP contribution is -2.51. The number of piperidine rings is 1. The van der Waals surface area contributed by atoms with E-state index in [4.69, 9.17) is 9.47 Å². The number of rotatable bonds is 3. The minimum absolute atomic E-state index is 0.200. The molecule has 1 spiro atoms. The molecule has 3 saturated heterocycles. The average molecular weight is 344 g/mol. The minimum atomic E-state index is -0.200. The summed E-state index contributed by atoms with van der Waals surface area (Å²) >= 11 is 0. The third-order valence-electron chi connectivity index (χ3n) is 6.21. The van der Waals surface area contributed by atoms with Crippen molar-refractivity contribution in [2.75, 3.05) is 38.2 Å². The number of fused-ring (bicyclic) bond motifs is 1. The lowest BCUT2D eigenvalue weighted by atomic mass is 9.88. The monoisotopic (exact) mass is 344 g/mol. The van der Waals surface area contributed by atoms with Crippen LogP contribution in [-0.2, 0) is 14.3 Å². The van der Waals surface area contributed by atoms with E-state index in [0.717, 1.165) is 51.4 Å². The van der Waals surface area contributed by atoms with Gasteiger partial charge in [0.2, 0.25) is 5.91 Å². The molecule has 5 rings (SSSR count). The number of amides is 1. The van der Waals surface area contributed by atoms with Crippen molar-refractivity contribution in [2.45, 2.75) is 30.9 Å². The highest BCUT2D eigenvalue weighted by molar-refractivity contribution is 5.82. The van der Waals surface area contributed by atoms with Crippen molar-refractivity contribution in [3.8, 4) is 0 Å². The summed E-state index contributed by atoms with van der Waals surface area (Å²) in [7, 11) is 0. The number of nitrogens with zero attached hydrogens (tertiary/aromatic N) is 3. The van der Waals surface area contributed by atoms with Gasteiger partial charge in [-0.15, -0.1) is 0 Å². The Morgan fingerprint density at radius 3 is 2.96 bits per heavy atom. The van der Waals surface area contributed by atoms with Crippen LogP contribution in [0.1, 0.15) is 19.3 Å². The number of aromatic nitrogens is 2. The summed E-state index contributed by atoms with van der Waals surface area (Å²) in [4.78, 5) is 23.3. The first-order valence-electron chi connectivity index (χ1n) is 9.27. The molecule has 25 heavy (non-hydrogen) atoms. The Hall–Kier alpha value is -1.73. The fourth-order valence-corrected chi connectivity index (χ4v) is 4.91. The second-order valence-electron chi connectivity index (χ2n) is 7.88. The van der Waals surface area contributed by atoms with Gasteiger partial charge in [0.25, 0.3) is 0 Å². The number of ether oxygens (including phenoxy) is 2. The number of carbonyl (C=O) groups excluding carboxylic acids is 1. The van der Waals surface area contributed by atoms with E-state index >= 15 is 0 Å². The molecule has 7 nitrogen and oxygen atoms in total. The van der Waals surface area contributed by atoms with Crippen LogP contribution in [0, 0.1) is 17.8 Å². The summed E-state index contributed by atoms with van der Waals surface area (Å²) in [6.07, 6.45) is 8.04. The molecule has 7 heteroatoms. The van der Waals surface area contributed by atoms with Gasteiger partial charge >= 0.3 is 0 Å². The molecular formula is C18H24N4O3. The highest BCUT2D eigenvalue weighted by atomic mass is 16.5. The summed E-state index contributed by atoms with van der Waals surface area (Å²) < 4.78 is 11.6. The fourth-order valence-electron chi connectivity index (χ4n) is 4.91. The molecule has 5 atom stereocenters. The first kappa shape index (κ1) is 15.5. The van der Waals surface area contributed by atoms with E-state index in [2.05, 4.69) is 20.2 Å². The predicted octanol–water partition coefficient (Wildman–Crippen LogP) is 0.931. The summed E-state index contributed by atoms with van der Waals surface area (Å²) in [5, 5.41) is 3.41. The Bertz CT molecular complexity index is 647. The molecule has 1 aromatic rings. The molecule has 1 aromatic heterocycles. The smallest absolute Gasteiger partial charge is 0.226 e. The van der Waals surface area contributed by atoms with E-state index in [-0.39, 0.29) is 17.6 Å². The van der Waals surface area contributed by atoms with Gasteiger partial charge in [-0.3, -0.25) is 9.78 Å². The summed E-state index contributed by atoms with van der Waals surface area (Å²) in [5.41, 5.74) is -0.200. The van der Waals surface area contributed by atoms with Crippen molar-refractivity contribution in [1.82, 2.24) is 14.9 Å². The SMILES string of the molecule is O=C(C1[C@H]2COC[C@@H]12)N1CCCC2(CC(Nc3cnccn3)CO2)C1. The van der Waals surface area contributed by atoms with Crippen LogP contribution in [0.2, 0.25) is 0 Å². The number of hydrogen-bond donors (Lipinski definition) is 1. The molecule has 4 aliphatic rings. The lowest BCUT2D eigenvalue weighted by Gasteiger charge is -2.40. The van der Waals surface area contributed by atoms with Crippen LogP contribution in [-0.4, -0.2) is 65.3 Å². The molecule has 4 heterocycles. The zero-order valence-corrected chi connectivity index (χ0v) is 14.3. The first-order chi connectivity index (χ1) is 12.2. The van der Waals surface area contributed by atoms with Crippen LogP contribution < -0.4 is 5.32 Å². The van der Waals surface area contributed by atoms with Gasteiger partial charge in [0.15, 0.2) is 0 Å². The van der Waals surface area contributed by atoms with Gasteiger partial charge in [-0.05, 0) is 24.7 Å².